The van der Waals surface area contributed by atoms with Gasteiger partial charge in [0.05, 0.1) is 10.1 Å². The highest BCUT2D eigenvalue weighted by Crippen LogP contribution is 2.33. The molecule has 1 aromatic rings. The van der Waals surface area contributed by atoms with E-state index >= 15 is 0 Å². The Bertz CT molecular complexity index is 546. The summed E-state index contributed by atoms with van der Waals surface area (Å²) >= 11 is 0. The number of sulfone groups is 1. The third-order valence-electron chi connectivity index (χ3n) is 3.99. The number of piperidine rings is 1. The quantitative estimate of drug-likeness (QED) is 0.891. The molecule has 2 fully saturated rings. The van der Waals surface area contributed by atoms with E-state index in [1.807, 2.05) is 0 Å². The van der Waals surface area contributed by atoms with E-state index in [0.29, 0.717) is 24.9 Å². The van der Waals surface area contributed by atoms with Gasteiger partial charge in [0.1, 0.15) is 5.82 Å². The van der Waals surface area contributed by atoms with Crippen LogP contribution in [-0.4, -0.2) is 25.8 Å². The number of hydrogen-bond donors (Lipinski definition) is 1. The lowest BCUT2D eigenvalue weighted by atomic mass is 10.1. The van der Waals surface area contributed by atoms with Crippen LogP contribution in [0, 0.1) is 5.82 Å². The van der Waals surface area contributed by atoms with Gasteiger partial charge in [0.15, 0.2) is 9.84 Å². The van der Waals surface area contributed by atoms with Crippen molar-refractivity contribution >= 4 is 9.84 Å². The average Bonchev–Trinajstić information content (AvgIpc) is 2.68. The average molecular weight is 269 g/mol. The van der Waals surface area contributed by atoms with Gasteiger partial charge in [-0.15, -0.1) is 0 Å². The summed E-state index contributed by atoms with van der Waals surface area (Å²) in [5.74, 6) is -0.493. The molecule has 2 bridgehead atoms. The Kier molecular flexibility index (Phi) is 2.90. The van der Waals surface area contributed by atoms with Crippen molar-refractivity contribution in [1.82, 2.24) is 5.32 Å². The summed E-state index contributed by atoms with van der Waals surface area (Å²) in [5, 5.41) is 3.05. The van der Waals surface area contributed by atoms with Crippen molar-refractivity contribution in [2.45, 2.75) is 47.9 Å². The Balaban J connectivity index is 1.91. The zero-order valence-corrected chi connectivity index (χ0v) is 10.8. The van der Waals surface area contributed by atoms with E-state index in [9.17, 15) is 12.8 Å². The van der Waals surface area contributed by atoms with Crippen LogP contribution >= 0.6 is 0 Å². The maximum atomic E-state index is 13.2. The predicted molar refractivity (Wildman–Crippen MR) is 66.6 cm³/mol. The molecule has 2 heterocycles. The highest BCUT2D eigenvalue weighted by molar-refractivity contribution is 7.92. The second-order valence-electron chi connectivity index (χ2n) is 5.23. The zero-order valence-electron chi connectivity index (χ0n) is 9.97. The third-order valence-corrected chi connectivity index (χ3v) is 6.17. The Hall–Kier alpha value is -0.940. The monoisotopic (exact) mass is 269 g/mol. The summed E-state index contributed by atoms with van der Waals surface area (Å²) in [4.78, 5) is 0.119. The van der Waals surface area contributed by atoms with Crippen LogP contribution in [0.2, 0.25) is 0 Å². The first-order chi connectivity index (χ1) is 8.55. The molecule has 0 aliphatic carbocycles. The summed E-state index contributed by atoms with van der Waals surface area (Å²) in [6, 6.07) is 5.97. The molecule has 0 radical (unpaired) electrons. The van der Waals surface area contributed by atoms with Crippen LogP contribution < -0.4 is 5.32 Å². The summed E-state index contributed by atoms with van der Waals surface area (Å²) in [7, 11) is -3.39. The summed E-state index contributed by atoms with van der Waals surface area (Å²) in [6.07, 6.45) is 3.41. The zero-order chi connectivity index (χ0) is 12.8. The van der Waals surface area contributed by atoms with E-state index in [1.165, 1.54) is 18.2 Å². The third kappa shape index (κ3) is 2.06. The van der Waals surface area contributed by atoms with Crippen LogP contribution in [0.4, 0.5) is 4.39 Å². The molecule has 2 aliphatic rings. The van der Waals surface area contributed by atoms with E-state index in [-0.39, 0.29) is 10.1 Å². The van der Waals surface area contributed by atoms with Gasteiger partial charge in [-0.1, -0.05) is 6.07 Å². The van der Waals surface area contributed by atoms with Crippen molar-refractivity contribution in [1.29, 1.82) is 0 Å². The minimum atomic E-state index is -3.39. The molecule has 2 unspecified atom stereocenters. The molecule has 0 aromatic heterocycles. The van der Waals surface area contributed by atoms with E-state index in [4.69, 9.17) is 0 Å². The molecule has 3 nitrogen and oxygen atoms in total. The van der Waals surface area contributed by atoms with E-state index < -0.39 is 15.7 Å². The van der Waals surface area contributed by atoms with Gasteiger partial charge in [0.25, 0.3) is 0 Å². The summed E-state index contributed by atoms with van der Waals surface area (Å²) in [5.41, 5.74) is 0. The van der Waals surface area contributed by atoms with E-state index in [0.717, 1.165) is 18.9 Å². The molecule has 0 spiro atoms. The van der Waals surface area contributed by atoms with Gasteiger partial charge in [-0.25, -0.2) is 12.8 Å². The van der Waals surface area contributed by atoms with Crippen molar-refractivity contribution < 1.29 is 12.8 Å². The molecule has 2 aliphatic heterocycles. The number of fused-ring (bicyclic) bond motifs is 2. The molecule has 98 valence electrons. The van der Waals surface area contributed by atoms with Crippen molar-refractivity contribution in [2.75, 3.05) is 0 Å². The van der Waals surface area contributed by atoms with E-state index in [2.05, 4.69) is 5.32 Å². The van der Waals surface area contributed by atoms with Crippen molar-refractivity contribution in [3.8, 4) is 0 Å². The van der Waals surface area contributed by atoms with Crippen LogP contribution in [0.5, 0.6) is 0 Å². The topological polar surface area (TPSA) is 46.2 Å². The molecule has 2 atom stereocenters. The Morgan fingerprint density at radius 3 is 2.44 bits per heavy atom. The van der Waals surface area contributed by atoms with Gasteiger partial charge in [-0.3, -0.25) is 0 Å². The minimum absolute atomic E-state index is 0.119. The number of nitrogens with one attached hydrogen (secondary N) is 1. The SMILES string of the molecule is O=S(=O)(c1cccc(F)c1)C1CC2CCC(C1)N2. The van der Waals surface area contributed by atoms with Crippen LogP contribution in [-0.2, 0) is 9.84 Å². The van der Waals surface area contributed by atoms with Crippen LogP contribution in [0.1, 0.15) is 25.7 Å². The van der Waals surface area contributed by atoms with Crippen molar-refractivity contribution in [3.05, 3.63) is 30.1 Å². The van der Waals surface area contributed by atoms with Gasteiger partial charge < -0.3 is 5.32 Å². The maximum absolute atomic E-state index is 13.2. The molecule has 5 heteroatoms. The fraction of sp³-hybridized carbons (Fsp3) is 0.538. The van der Waals surface area contributed by atoms with E-state index in [1.54, 1.807) is 0 Å². The normalized spacial score (nSPS) is 31.5. The minimum Gasteiger partial charge on any atom is -0.311 e. The maximum Gasteiger partial charge on any atom is 0.181 e. The van der Waals surface area contributed by atoms with Gasteiger partial charge in [-0.2, -0.15) is 0 Å². The largest absolute Gasteiger partial charge is 0.311 e. The Morgan fingerprint density at radius 1 is 1.17 bits per heavy atom. The summed E-state index contributed by atoms with van der Waals surface area (Å²) in [6.45, 7) is 0. The molecular weight excluding hydrogens is 253 g/mol. The van der Waals surface area contributed by atoms with Crippen molar-refractivity contribution in [2.24, 2.45) is 0 Å². The lowest BCUT2D eigenvalue weighted by molar-refractivity contribution is 0.401. The predicted octanol–water partition coefficient (Wildman–Crippen LogP) is 1.88. The lowest BCUT2D eigenvalue weighted by Gasteiger charge is -2.28. The highest BCUT2D eigenvalue weighted by atomic mass is 32.2. The lowest BCUT2D eigenvalue weighted by Crippen LogP contribution is -2.43. The molecular formula is C13H16FNO2S. The number of rotatable bonds is 2. The first kappa shape index (κ1) is 12.1. The van der Waals surface area contributed by atoms with Crippen LogP contribution in [0.25, 0.3) is 0 Å². The molecule has 3 rings (SSSR count). The standard InChI is InChI=1S/C13H16FNO2S/c14-9-2-1-3-12(6-9)18(16,17)13-7-10-4-5-11(8-13)15-10/h1-3,6,10-11,13,15H,4-5,7-8H2. The van der Waals surface area contributed by atoms with Gasteiger partial charge in [0.2, 0.25) is 0 Å². The van der Waals surface area contributed by atoms with Gasteiger partial charge >= 0.3 is 0 Å². The van der Waals surface area contributed by atoms with Crippen LogP contribution in [0.15, 0.2) is 29.2 Å². The number of halogens is 1. The number of hydrogen-bond acceptors (Lipinski definition) is 3. The van der Waals surface area contributed by atoms with Crippen LogP contribution in [0.3, 0.4) is 0 Å². The fourth-order valence-electron chi connectivity index (χ4n) is 3.09. The molecule has 1 N–H and O–H groups in total. The second kappa shape index (κ2) is 4.31. The molecule has 2 saturated heterocycles. The fourth-order valence-corrected chi connectivity index (χ4v) is 5.00. The Labute approximate surface area is 106 Å². The highest BCUT2D eigenvalue weighted by Gasteiger charge is 2.40. The molecule has 18 heavy (non-hydrogen) atoms. The number of benzene rings is 1. The second-order valence-corrected chi connectivity index (χ2v) is 7.46. The van der Waals surface area contributed by atoms with Crippen molar-refractivity contribution in [3.63, 3.8) is 0 Å². The molecule has 1 aromatic carbocycles. The van der Waals surface area contributed by atoms with Gasteiger partial charge in [0, 0.05) is 12.1 Å². The Morgan fingerprint density at radius 2 is 1.83 bits per heavy atom. The summed E-state index contributed by atoms with van der Waals surface area (Å²) < 4.78 is 38.1. The smallest absolute Gasteiger partial charge is 0.181 e. The van der Waals surface area contributed by atoms with Gasteiger partial charge in [-0.05, 0) is 43.9 Å². The molecule has 0 saturated carbocycles. The molecule has 0 amide bonds. The first-order valence-corrected chi connectivity index (χ1v) is 7.86. The first-order valence-electron chi connectivity index (χ1n) is 6.31.